The standard InChI is InChI=1S/C14H27N3O/c1-5-7-9-18-10-8-17-13(4)14(11-15-6-2)12(3)16-17/h15H,5-11H2,1-4H3. The average molecular weight is 253 g/mol. The van der Waals surface area contributed by atoms with Crippen LogP contribution in [-0.4, -0.2) is 29.5 Å². The minimum Gasteiger partial charge on any atom is -0.380 e. The summed E-state index contributed by atoms with van der Waals surface area (Å²) >= 11 is 0. The maximum atomic E-state index is 5.59. The topological polar surface area (TPSA) is 39.1 Å². The number of hydrogen-bond acceptors (Lipinski definition) is 3. The molecule has 1 aromatic heterocycles. The Morgan fingerprint density at radius 1 is 1.22 bits per heavy atom. The molecule has 0 aliphatic heterocycles. The maximum Gasteiger partial charge on any atom is 0.0662 e. The summed E-state index contributed by atoms with van der Waals surface area (Å²) in [5.41, 5.74) is 3.71. The fraction of sp³-hybridized carbons (Fsp3) is 0.786. The van der Waals surface area contributed by atoms with E-state index in [1.807, 2.05) is 0 Å². The quantitative estimate of drug-likeness (QED) is 0.687. The van der Waals surface area contributed by atoms with Gasteiger partial charge in [-0.15, -0.1) is 0 Å². The number of nitrogens with zero attached hydrogens (tertiary/aromatic N) is 2. The number of rotatable bonds is 9. The molecule has 0 unspecified atom stereocenters. The Labute approximate surface area is 111 Å². The molecule has 4 heteroatoms. The van der Waals surface area contributed by atoms with Gasteiger partial charge in [-0.05, 0) is 26.8 Å². The third-order valence-corrected chi connectivity index (χ3v) is 3.17. The van der Waals surface area contributed by atoms with Gasteiger partial charge in [0.15, 0.2) is 0 Å². The van der Waals surface area contributed by atoms with Crippen molar-refractivity contribution < 1.29 is 4.74 Å². The second-order valence-electron chi connectivity index (χ2n) is 4.62. The third-order valence-electron chi connectivity index (χ3n) is 3.17. The Kier molecular flexibility index (Phi) is 6.98. The highest BCUT2D eigenvalue weighted by Gasteiger charge is 2.10. The highest BCUT2D eigenvalue weighted by Crippen LogP contribution is 2.12. The van der Waals surface area contributed by atoms with E-state index in [0.717, 1.165) is 45.0 Å². The molecule has 0 saturated carbocycles. The summed E-state index contributed by atoms with van der Waals surface area (Å²) in [5, 5.41) is 7.94. The monoisotopic (exact) mass is 253 g/mol. The Hall–Kier alpha value is -0.870. The molecule has 0 aromatic carbocycles. The van der Waals surface area contributed by atoms with Crippen molar-refractivity contribution in [3.05, 3.63) is 17.0 Å². The minimum atomic E-state index is 0.753. The van der Waals surface area contributed by atoms with Gasteiger partial charge in [0.25, 0.3) is 0 Å². The lowest BCUT2D eigenvalue weighted by Crippen LogP contribution is -2.14. The van der Waals surface area contributed by atoms with Gasteiger partial charge in [0.1, 0.15) is 0 Å². The molecular weight excluding hydrogens is 226 g/mol. The maximum absolute atomic E-state index is 5.59. The van der Waals surface area contributed by atoms with Crippen molar-refractivity contribution in [2.24, 2.45) is 0 Å². The van der Waals surface area contributed by atoms with Crippen LogP contribution in [0.2, 0.25) is 0 Å². The van der Waals surface area contributed by atoms with E-state index in [1.54, 1.807) is 0 Å². The number of aryl methyl sites for hydroxylation is 1. The molecule has 0 amide bonds. The average Bonchev–Trinajstić information content (AvgIpc) is 2.62. The molecule has 1 heterocycles. The number of ether oxygens (including phenoxy) is 1. The molecule has 0 bridgehead atoms. The zero-order valence-electron chi connectivity index (χ0n) is 12.3. The van der Waals surface area contributed by atoms with Crippen LogP contribution in [-0.2, 0) is 17.8 Å². The number of unbranched alkanes of at least 4 members (excludes halogenated alkanes) is 1. The Morgan fingerprint density at radius 3 is 2.67 bits per heavy atom. The number of nitrogens with one attached hydrogen (secondary N) is 1. The summed E-state index contributed by atoms with van der Waals surface area (Å²) in [7, 11) is 0. The molecule has 0 fully saturated rings. The summed E-state index contributed by atoms with van der Waals surface area (Å²) < 4.78 is 7.65. The molecule has 0 aliphatic rings. The lowest BCUT2D eigenvalue weighted by Gasteiger charge is -2.06. The number of aromatic nitrogens is 2. The predicted molar refractivity (Wildman–Crippen MR) is 74.8 cm³/mol. The first-order valence-corrected chi connectivity index (χ1v) is 7.02. The molecule has 18 heavy (non-hydrogen) atoms. The Bertz CT molecular complexity index is 347. The molecule has 0 aliphatic carbocycles. The third kappa shape index (κ3) is 4.42. The van der Waals surface area contributed by atoms with Crippen LogP contribution in [0.1, 0.15) is 43.6 Å². The highest BCUT2D eigenvalue weighted by molar-refractivity contribution is 5.24. The first-order chi connectivity index (χ1) is 8.70. The van der Waals surface area contributed by atoms with Crippen LogP contribution in [0.4, 0.5) is 0 Å². The van der Waals surface area contributed by atoms with E-state index in [1.165, 1.54) is 17.7 Å². The van der Waals surface area contributed by atoms with Crippen LogP contribution in [0.15, 0.2) is 0 Å². The first-order valence-electron chi connectivity index (χ1n) is 7.02. The molecule has 0 atom stereocenters. The van der Waals surface area contributed by atoms with Crippen LogP contribution >= 0.6 is 0 Å². The van der Waals surface area contributed by atoms with E-state index in [-0.39, 0.29) is 0 Å². The highest BCUT2D eigenvalue weighted by atomic mass is 16.5. The molecule has 0 radical (unpaired) electrons. The van der Waals surface area contributed by atoms with Crippen molar-refractivity contribution in [1.29, 1.82) is 0 Å². The lowest BCUT2D eigenvalue weighted by atomic mass is 10.2. The normalized spacial score (nSPS) is 11.1. The number of hydrogen-bond donors (Lipinski definition) is 1. The smallest absolute Gasteiger partial charge is 0.0662 e. The van der Waals surface area contributed by atoms with E-state index in [0.29, 0.717) is 0 Å². The van der Waals surface area contributed by atoms with Crippen molar-refractivity contribution in [1.82, 2.24) is 15.1 Å². The van der Waals surface area contributed by atoms with Crippen molar-refractivity contribution in [3.8, 4) is 0 Å². The molecule has 4 nitrogen and oxygen atoms in total. The Balaban J connectivity index is 2.46. The van der Waals surface area contributed by atoms with Gasteiger partial charge in [-0.25, -0.2) is 0 Å². The molecule has 0 saturated heterocycles. The zero-order valence-corrected chi connectivity index (χ0v) is 12.3. The van der Waals surface area contributed by atoms with Crippen LogP contribution < -0.4 is 5.32 Å². The van der Waals surface area contributed by atoms with E-state index < -0.39 is 0 Å². The molecule has 1 aromatic rings. The van der Waals surface area contributed by atoms with Crippen molar-refractivity contribution >= 4 is 0 Å². The molecule has 104 valence electrons. The minimum absolute atomic E-state index is 0.753. The van der Waals surface area contributed by atoms with Gasteiger partial charge in [0, 0.05) is 24.4 Å². The summed E-state index contributed by atoms with van der Waals surface area (Å²) in [6, 6.07) is 0. The summed E-state index contributed by atoms with van der Waals surface area (Å²) in [5.74, 6) is 0. The van der Waals surface area contributed by atoms with Gasteiger partial charge in [-0.1, -0.05) is 20.3 Å². The van der Waals surface area contributed by atoms with Gasteiger partial charge >= 0.3 is 0 Å². The molecule has 0 spiro atoms. The van der Waals surface area contributed by atoms with Gasteiger partial charge < -0.3 is 10.1 Å². The van der Waals surface area contributed by atoms with Gasteiger partial charge in [0.05, 0.1) is 18.8 Å². The fourth-order valence-electron chi connectivity index (χ4n) is 1.96. The van der Waals surface area contributed by atoms with Crippen LogP contribution in [0.3, 0.4) is 0 Å². The van der Waals surface area contributed by atoms with E-state index in [2.05, 4.69) is 42.8 Å². The van der Waals surface area contributed by atoms with Crippen molar-refractivity contribution in [3.63, 3.8) is 0 Å². The predicted octanol–water partition coefficient (Wildman–Crippen LogP) is 2.43. The van der Waals surface area contributed by atoms with Crippen LogP contribution in [0.5, 0.6) is 0 Å². The van der Waals surface area contributed by atoms with Gasteiger partial charge in [-0.2, -0.15) is 5.10 Å². The molecular formula is C14H27N3O. The SMILES string of the molecule is CCCCOCCn1nc(C)c(CNCC)c1C. The van der Waals surface area contributed by atoms with Crippen molar-refractivity contribution in [2.45, 2.75) is 53.6 Å². The second kappa shape index (κ2) is 8.27. The molecule has 1 rings (SSSR count). The first kappa shape index (κ1) is 15.2. The summed E-state index contributed by atoms with van der Waals surface area (Å²) in [6.45, 7) is 12.9. The second-order valence-corrected chi connectivity index (χ2v) is 4.62. The van der Waals surface area contributed by atoms with Gasteiger partial charge in [0.2, 0.25) is 0 Å². The van der Waals surface area contributed by atoms with E-state index in [9.17, 15) is 0 Å². The van der Waals surface area contributed by atoms with Crippen LogP contribution in [0.25, 0.3) is 0 Å². The van der Waals surface area contributed by atoms with Crippen molar-refractivity contribution in [2.75, 3.05) is 19.8 Å². The summed E-state index contributed by atoms with van der Waals surface area (Å²) in [4.78, 5) is 0. The zero-order chi connectivity index (χ0) is 13.4. The Morgan fingerprint density at radius 2 is 2.00 bits per heavy atom. The largest absolute Gasteiger partial charge is 0.380 e. The van der Waals surface area contributed by atoms with Gasteiger partial charge in [-0.3, -0.25) is 4.68 Å². The van der Waals surface area contributed by atoms with E-state index in [4.69, 9.17) is 4.74 Å². The lowest BCUT2D eigenvalue weighted by molar-refractivity contribution is 0.120. The van der Waals surface area contributed by atoms with E-state index >= 15 is 0 Å². The molecule has 1 N–H and O–H groups in total. The summed E-state index contributed by atoms with van der Waals surface area (Å²) in [6.07, 6.45) is 2.33. The van der Waals surface area contributed by atoms with Crippen LogP contribution in [0, 0.1) is 13.8 Å². The fourth-order valence-corrected chi connectivity index (χ4v) is 1.96.